The van der Waals surface area contributed by atoms with E-state index in [1.165, 1.54) is 24.0 Å². The van der Waals surface area contributed by atoms with Crippen molar-refractivity contribution in [3.8, 4) is 0 Å². The lowest BCUT2D eigenvalue weighted by Crippen LogP contribution is -2.39. The molecule has 0 bridgehead atoms. The van der Waals surface area contributed by atoms with Crippen molar-refractivity contribution in [2.45, 2.75) is 43.2 Å². The van der Waals surface area contributed by atoms with Crippen LogP contribution in [0.15, 0.2) is 60.7 Å². The van der Waals surface area contributed by atoms with Crippen LogP contribution in [-0.4, -0.2) is 16.3 Å². The SMILES string of the molecule is ICC1OC2(CCCC2)OC1(c1ccccc1)c1ccccc1. The van der Waals surface area contributed by atoms with Gasteiger partial charge in [0.1, 0.15) is 11.7 Å². The molecule has 0 N–H and O–H groups in total. The van der Waals surface area contributed by atoms with E-state index in [1.807, 2.05) is 0 Å². The van der Waals surface area contributed by atoms with Crippen molar-refractivity contribution in [1.82, 2.24) is 0 Å². The number of halogens is 1. The Bertz CT molecular complexity index is 610. The van der Waals surface area contributed by atoms with Crippen molar-refractivity contribution < 1.29 is 9.47 Å². The van der Waals surface area contributed by atoms with Crippen LogP contribution < -0.4 is 0 Å². The third kappa shape index (κ3) is 2.53. The van der Waals surface area contributed by atoms with Crippen molar-refractivity contribution >= 4 is 22.6 Å². The van der Waals surface area contributed by atoms with E-state index in [2.05, 4.69) is 83.3 Å². The van der Waals surface area contributed by atoms with Gasteiger partial charge in [0.05, 0.1) is 0 Å². The van der Waals surface area contributed by atoms with Gasteiger partial charge >= 0.3 is 0 Å². The molecule has 2 fully saturated rings. The Kier molecular flexibility index (Phi) is 4.20. The summed E-state index contributed by atoms with van der Waals surface area (Å²) < 4.78 is 14.3. The average Bonchev–Trinajstić information content (AvgIpc) is 3.22. The first-order valence-corrected chi connectivity index (χ1v) is 9.87. The third-order valence-corrected chi connectivity index (χ3v) is 5.87. The van der Waals surface area contributed by atoms with Crippen LogP contribution in [0.2, 0.25) is 0 Å². The molecule has 2 nitrogen and oxygen atoms in total. The second-order valence-corrected chi connectivity index (χ2v) is 7.33. The molecule has 120 valence electrons. The molecule has 1 saturated heterocycles. The fraction of sp³-hybridized carbons (Fsp3) is 0.400. The molecule has 2 aliphatic rings. The van der Waals surface area contributed by atoms with Gasteiger partial charge in [-0.05, 0) is 24.0 Å². The molecular weight excluding hydrogens is 399 g/mol. The molecule has 1 atom stereocenters. The Morgan fingerprint density at radius 3 is 1.87 bits per heavy atom. The highest BCUT2D eigenvalue weighted by Gasteiger charge is 2.58. The van der Waals surface area contributed by atoms with E-state index in [9.17, 15) is 0 Å². The largest absolute Gasteiger partial charge is 0.342 e. The lowest BCUT2D eigenvalue weighted by Gasteiger charge is -2.34. The van der Waals surface area contributed by atoms with Gasteiger partial charge < -0.3 is 9.47 Å². The minimum Gasteiger partial charge on any atom is -0.342 e. The number of alkyl halides is 1. The van der Waals surface area contributed by atoms with Crippen LogP contribution in [-0.2, 0) is 15.1 Å². The number of rotatable bonds is 3. The van der Waals surface area contributed by atoms with Gasteiger partial charge in [0.2, 0.25) is 0 Å². The van der Waals surface area contributed by atoms with Crippen LogP contribution in [0.25, 0.3) is 0 Å². The van der Waals surface area contributed by atoms with Crippen LogP contribution >= 0.6 is 22.6 Å². The van der Waals surface area contributed by atoms with E-state index in [4.69, 9.17) is 9.47 Å². The zero-order valence-electron chi connectivity index (χ0n) is 13.1. The van der Waals surface area contributed by atoms with Crippen LogP contribution in [0.3, 0.4) is 0 Å². The highest BCUT2D eigenvalue weighted by atomic mass is 127. The molecule has 1 spiro atoms. The van der Waals surface area contributed by atoms with E-state index in [0.29, 0.717) is 0 Å². The Labute approximate surface area is 151 Å². The molecule has 1 saturated carbocycles. The molecule has 1 aliphatic heterocycles. The molecule has 2 aromatic carbocycles. The molecular formula is C20H21IO2. The van der Waals surface area contributed by atoms with Crippen molar-refractivity contribution in [1.29, 1.82) is 0 Å². The zero-order valence-corrected chi connectivity index (χ0v) is 15.2. The minimum atomic E-state index is -0.506. The summed E-state index contributed by atoms with van der Waals surface area (Å²) in [5, 5.41) is 0. The normalized spacial score (nSPS) is 25.0. The lowest BCUT2D eigenvalue weighted by atomic mass is 9.82. The third-order valence-electron chi connectivity index (χ3n) is 5.07. The Morgan fingerprint density at radius 2 is 1.39 bits per heavy atom. The second kappa shape index (κ2) is 6.19. The van der Waals surface area contributed by atoms with E-state index >= 15 is 0 Å². The van der Waals surface area contributed by atoms with Crippen LogP contribution in [0.4, 0.5) is 0 Å². The highest BCUT2D eigenvalue weighted by molar-refractivity contribution is 14.1. The fourth-order valence-electron chi connectivity index (χ4n) is 4.03. The number of ether oxygens (including phenoxy) is 2. The average molecular weight is 420 g/mol. The smallest absolute Gasteiger partial charge is 0.170 e. The summed E-state index contributed by atoms with van der Waals surface area (Å²) in [6, 6.07) is 21.2. The molecule has 1 unspecified atom stereocenters. The van der Waals surface area contributed by atoms with Gasteiger partial charge in [-0.1, -0.05) is 83.3 Å². The molecule has 0 amide bonds. The summed E-state index contributed by atoms with van der Waals surface area (Å²) in [7, 11) is 0. The monoisotopic (exact) mass is 420 g/mol. The standard InChI is InChI=1S/C20H21IO2/c21-15-18-20(16-9-3-1-4-10-16,17-11-5-2-6-12-17)23-19(22-18)13-7-8-14-19/h1-6,9-12,18H,7-8,13-15H2. The summed E-state index contributed by atoms with van der Waals surface area (Å²) in [5.74, 6) is -0.401. The predicted molar refractivity (Wildman–Crippen MR) is 99.7 cm³/mol. The van der Waals surface area contributed by atoms with E-state index in [-0.39, 0.29) is 6.10 Å². The van der Waals surface area contributed by atoms with Crippen LogP contribution in [0, 0.1) is 0 Å². The van der Waals surface area contributed by atoms with Crippen molar-refractivity contribution in [3.05, 3.63) is 71.8 Å². The maximum Gasteiger partial charge on any atom is 0.170 e. The zero-order chi connectivity index (χ0) is 15.8. The Balaban J connectivity index is 1.89. The van der Waals surface area contributed by atoms with Gasteiger partial charge in [0, 0.05) is 17.3 Å². The molecule has 23 heavy (non-hydrogen) atoms. The van der Waals surface area contributed by atoms with Crippen LogP contribution in [0.1, 0.15) is 36.8 Å². The summed E-state index contributed by atoms with van der Waals surface area (Å²) in [6.07, 6.45) is 4.41. The maximum atomic E-state index is 6.85. The molecule has 0 radical (unpaired) electrons. The predicted octanol–water partition coefficient (Wildman–Crippen LogP) is 5.05. The summed E-state index contributed by atoms with van der Waals surface area (Å²) in [5.41, 5.74) is 1.88. The minimum absolute atomic E-state index is 0.0333. The van der Waals surface area contributed by atoms with Gasteiger partial charge in [-0.2, -0.15) is 0 Å². The molecule has 0 aromatic heterocycles. The van der Waals surface area contributed by atoms with Gasteiger partial charge in [0.15, 0.2) is 5.79 Å². The van der Waals surface area contributed by atoms with Crippen LogP contribution in [0.5, 0.6) is 0 Å². The van der Waals surface area contributed by atoms with Gasteiger partial charge in [-0.3, -0.25) is 0 Å². The van der Waals surface area contributed by atoms with Gasteiger partial charge in [-0.25, -0.2) is 0 Å². The first-order valence-electron chi connectivity index (χ1n) is 8.34. The second-order valence-electron chi connectivity index (χ2n) is 6.45. The van der Waals surface area contributed by atoms with E-state index in [0.717, 1.165) is 17.3 Å². The quantitative estimate of drug-likeness (QED) is 0.511. The lowest BCUT2D eigenvalue weighted by molar-refractivity contribution is -0.179. The van der Waals surface area contributed by atoms with Gasteiger partial charge in [-0.15, -0.1) is 0 Å². The fourth-order valence-corrected chi connectivity index (χ4v) is 4.83. The first-order chi connectivity index (χ1) is 11.3. The summed E-state index contributed by atoms with van der Waals surface area (Å²) >= 11 is 2.43. The Morgan fingerprint density at radius 1 is 0.870 bits per heavy atom. The highest BCUT2D eigenvalue weighted by Crippen LogP contribution is 2.53. The summed E-state index contributed by atoms with van der Waals surface area (Å²) in [6.45, 7) is 0. The van der Waals surface area contributed by atoms with Crippen molar-refractivity contribution in [3.63, 3.8) is 0 Å². The van der Waals surface area contributed by atoms with Crippen molar-refractivity contribution in [2.75, 3.05) is 4.43 Å². The molecule has 2 aromatic rings. The van der Waals surface area contributed by atoms with Gasteiger partial charge in [0.25, 0.3) is 0 Å². The molecule has 4 rings (SSSR count). The molecule has 1 heterocycles. The van der Waals surface area contributed by atoms with Crippen molar-refractivity contribution in [2.24, 2.45) is 0 Å². The van der Waals surface area contributed by atoms with E-state index < -0.39 is 11.4 Å². The summed E-state index contributed by atoms with van der Waals surface area (Å²) in [4.78, 5) is 0. The number of hydrogen-bond donors (Lipinski definition) is 0. The maximum absolute atomic E-state index is 6.85. The molecule has 1 aliphatic carbocycles. The topological polar surface area (TPSA) is 18.5 Å². The first kappa shape index (κ1) is 15.6. The van der Waals surface area contributed by atoms with E-state index in [1.54, 1.807) is 0 Å². The number of benzene rings is 2. The number of hydrogen-bond acceptors (Lipinski definition) is 2. The Hall–Kier alpha value is -0.910. The molecule has 3 heteroatoms.